The molecule has 32 heavy (non-hydrogen) atoms. The van der Waals surface area contributed by atoms with Crippen molar-refractivity contribution in [1.29, 1.82) is 0 Å². The lowest BCUT2D eigenvalue weighted by Crippen LogP contribution is -2.35. The lowest BCUT2D eigenvalue weighted by molar-refractivity contribution is 0.170. The van der Waals surface area contributed by atoms with Gasteiger partial charge in [0.15, 0.2) is 0 Å². The van der Waals surface area contributed by atoms with Crippen LogP contribution in [0, 0.1) is 6.92 Å². The molecule has 0 fully saturated rings. The zero-order valence-electron chi connectivity index (χ0n) is 17.7. The summed E-state index contributed by atoms with van der Waals surface area (Å²) < 4.78 is 6.03. The molecule has 0 saturated carbocycles. The van der Waals surface area contributed by atoms with Crippen LogP contribution in [0.4, 0.5) is 0 Å². The van der Waals surface area contributed by atoms with Gasteiger partial charge in [0.1, 0.15) is 0 Å². The number of aliphatic hydroxyl groups excluding tert-OH is 2. The first kappa shape index (κ1) is 23.6. The van der Waals surface area contributed by atoms with Crippen LogP contribution in [0.15, 0.2) is 77.2 Å². The van der Waals surface area contributed by atoms with E-state index in [4.69, 9.17) is 4.42 Å². The van der Waals surface area contributed by atoms with Crippen LogP contribution in [0.1, 0.15) is 11.1 Å². The molecular formula is C25H26ClN3O3. The third-order valence-electron chi connectivity index (χ3n) is 5.28. The summed E-state index contributed by atoms with van der Waals surface area (Å²) in [6, 6.07) is 23.7. The average Bonchev–Trinajstić information content (AvgIpc) is 3.31. The van der Waals surface area contributed by atoms with Gasteiger partial charge in [-0.2, -0.15) is 0 Å². The van der Waals surface area contributed by atoms with Gasteiger partial charge in [0.2, 0.25) is 11.8 Å². The molecule has 3 N–H and O–H groups in total. The summed E-state index contributed by atoms with van der Waals surface area (Å²) in [5.74, 6) is 0.927. The Bertz CT molecular complexity index is 1140. The summed E-state index contributed by atoms with van der Waals surface area (Å²) in [6.07, 6.45) is 0. The van der Waals surface area contributed by atoms with Gasteiger partial charge in [-0.05, 0) is 47.4 Å². The molecule has 0 spiro atoms. The lowest BCUT2D eigenvalue weighted by Gasteiger charge is -2.13. The number of rotatable bonds is 8. The van der Waals surface area contributed by atoms with E-state index in [0.29, 0.717) is 18.3 Å². The largest absolute Gasteiger partial charge is 0.416 e. The number of benzene rings is 3. The summed E-state index contributed by atoms with van der Waals surface area (Å²) in [5, 5.41) is 30.1. The van der Waals surface area contributed by atoms with E-state index in [1.807, 2.05) is 54.6 Å². The maximum absolute atomic E-state index is 9.21. The van der Waals surface area contributed by atoms with Crippen LogP contribution in [-0.2, 0) is 6.54 Å². The zero-order chi connectivity index (χ0) is 21.6. The summed E-state index contributed by atoms with van der Waals surface area (Å²) in [6.45, 7) is 2.33. The smallest absolute Gasteiger partial charge is 0.248 e. The maximum atomic E-state index is 9.21. The zero-order valence-corrected chi connectivity index (χ0v) is 18.5. The maximum Gasteiger partial charge on any atom is 0.248 e. The minimum atomic E-state index is -0.349. The Morgan fingerprint density at radius 2 is 1.47 bits per heavy atom. The van der Waals surface area contributed by atoms with Crippen LogP contribution < -0.4 is 5.32 Å². The fourth-order valence-electron chi connectivity index (χ4n) is 3.51. The van der Waals surface area contributed by atoms with Crippen LogP contribution in [0.3, 0.4) is 0 Å². The Kier molecular flexibility index (Phi) is 8.14. The second-order valence-electron chi connectivity index (χ2n) is 7.40. The van der Waals surface area contributed by atoms with Gasteiger partial charge in [-0.3, -0.25) is 0 Å². The van der Waals surface area contributed by atoms with Gasteiger partial charge >= 0.3 is 0 Å². The molecule has 6 nitrogen and oxygen atoms in total. The molecule has 0 aliphatic heterocycles. The number of nitrogens with zero attached hydrogens (tertiary/aromatic N) is 2. The highest BCUT2D eigenvalue weighted by Gasteiger charge is 2.15. The van der Waals surface area contributed by atoms with Crippen molar-refractivity contribution in [3.05, 3.63) is 83.9 Å². The lowest BCUT2D eigenvalue weighted by atomic mass is 9.96. The van der Waals surface area contributed by atoms with Gasteiger partial charge in [-0.1, -0.05) is 54.6 Å². The van der Waals surface area contributed by atoms with Crippen molar-refractivity contribution < 1.29 is 14.6 Å². The predicted octanol–water partition coefficient (Wildman–Crippen LogP) is 4.24. The third kappa shape index (κ3) is 5.23. The van der Waals surface area contributed by atoms with Gasteiger partial charge < -0.3 is 19.9 Å². The molecule has 7 heteroatoms. The first-order valence-corrected chi connectivity index (χ1v) is 10.2. The van der Waals surface area contributed by atoms with Gasteiger partial charge in [0, 0.05) is 17.7 Å². The van der Waals surface area contributed by atoms with Crippen LogP contribution in [0.25, 0.3) is 34.0 Å². The first-order valence-electron chi connectivity index (χ1n) is 10.2. The monoisotopic (exact) mass is 451 g/mol. The van der Waals surface area contributed by atoms with Crippen LogP contribution in [0.2, 0.25) is 0 Å². The molecule has 166 valence electrons. The van der Waals surface area contributed by atoms with E-state index < -0.39 is 0 Å². The minimum Gasteiger partial charge on any atom is -0.416 e. The molecule has 0 radical (unpaired) electrons. The fraction of sp³-hybridized carbons (Fsp3) is 0.200. The van der Waals surface area contributed by atoms with E-state index in [1.165, 1.54) is 0 Å². The van der Waals surface area contributed by atoms with Gasteiger partial charge in [0.05, 0.1) is 19.3 Å². The van der Waals surface area contributed by atoms with E-state index in [-0.39, 0.29) is 31.7 Å². The van der Waals surface area contributed by atoms with Crippen LogP contribution >= 0.6 is 12.4 Å². The Morgan fingerprint density at radius 1 is 0.812 bits per heavy atom. The highest BCUT2D eigenvalue weighted by molar-refractivity contribution is 5.85. The molecule has 3 aromatic carbocycles. The van der Waals surface area contributed by atoms with Crippen molar-refractivity contribution in [1.82, 2.24) is 15.5 Å². The van der Waals surface area contributed by atoms with Crippen LogP contribution in [-0.4, -0.2) is 39.7 Å². The molecule has 4 rings (SSSR count). The van der Waals surface area contributed by atoms with Crippen molar-refractivity contribution in [3.8, 4) is 34.0 Å². The first-order chi connectivity index (χ1) is 15.2. The van der Waals surface area contributed by atoms with Crippen molar-refractivity contribution >= 4 is 12.4 Å². The number of nitrogens with one attached hydrogen (secondary N) is 1. The average molecular weight is 452 g/mol. The van der Waals surface area contributed by atoms with Gasteiger partial charge in [-0.25, -0.2) is 0 Å². The Hall–Kier alpha value is -3.03. The van der Waals surface area contributed by atoms with E-state index in [0.717, 1.165) is 33.4 Å². The van der Waals surface area contributed by atoms with E-state index in [1.54, 1.807) is 0 Å². The number of hydrogen-bond acceptors (Lipinski definition) is 6. The number of aliphatic hydroxyl groups is 2. The molecule has 0 aliphatic rings. The standard InChI is InChI=1S/C25H25N3O3.ClH/c1-17-22(19-8-3-2-4-9-19)11-6-12-23(17)25-28-27-24(31-25)20-10-5-7-18(13-20)14-26-21(15-29)16-30;/h2-13,21,26,29-30H,14-16H2,1H3;1H. The topological polar surface area (TPSA) is 91.4 Å². The van der Waals surface area contributed by atoms with E-state index in [9.17, 15) is 10.2 Å². The van der Waals surface area contributed by atoms with Gasteiger partial charge in [-0.15, -0.1) is 22.6 Å². The predicted molar refractivity (Wildman–Crippen MR) is 127 cm³/mol. The summed E-state index contributed by atoms with van der Waals surface area (Å²) in [4.78, 5) is 0. The van der Waals surface area contributed by atoms with Crippen molar-refractivity contribution in [2.24, 2.45) is 0 Å². The quantitative estimate of drug-likeness (QED) is 0.371. The molecule has 0 unspecified atom stereocenters. The van der Waals surface area contributed by atoms with Gasteiger partial charge in [0.25, 0.3) is 0 Å². The molecular weight excluding hydrogens is 426 g/mol. The Labute approximate surface area is 193 Å². The second kappa shape index (κ2) is 11.0. The summed E-state index contributed by atoms with van der Waals surface area (Å²) >= 11 is 0. The Morgan fingerprint density at radius 3 is 2.22 bits per heavy atom. The van der Waals surface area contributed by atoms with Crippen molar-refractivity contribution in [2.75, 3.05) is 13.2 Å². The molecule has 0 saturated heterocycles. The third-order valence-corrected chi connectivity index (χ3v) is 5.28. The minimum absolute atomic E-state index is 0. The van der Waals surface area contributed by atoms with E-state index in [2.05, 4.69) is 40.6 Å². The molecule has 1 aromatic heterocycles. The van der Waals surface area contributed by atoms with E-state index >= 15 is 0 Å². The second-order valence-corrected chi connectivity index (χ2v) is 7.40. The molecule has 0 bridgehead atoms. The highest BCUT2D eigenvalue weighted by atomic mass is 35.5. The normalized spacial score (nSPS) is 10.9. The number of hydrogen-bond donors (Lipinski definition) is 3. The van der Waals surface area contributed by atoms with Crippen molar-refractivity contribution in [2.45, 2.75) is 19.5 Å². The molecule has 1 heterocycles. The fourth-order valence-corrected chi connectivity index (χ4v) is 3.51. The highest BCUT2D eigenvalue weighted by Crippen LogP contribution is 2.32. The summed E-state index contributed by atoms with van der Waals surface area (Å²) in [5.41, 5.74) is 6.08. The number of aromatic nitrogens is 2. The number of halogens is 1. The van der Waals surface area contributed by atoms with Crippen LogP contribution in [0.5, 0.6) is 0 Å². The molecule has 0 aliphatic carbocycles. The Balaban J connectivity index is 0.00000289. The molecule has 0 amide bonds. The molecule has 0 atom stereocenters. The summed E-state index contributed by atoms with van der Waals surface area (Å²) in [7, 11) is 0. The molecule has 4 aromatic rings. The van der Waals surface area contributed by atoms with Crippen molar-refractivity contribution in [3.63, 3.8) is 0 Å². The SMILES string of the molecule is Cc1c(-c2ccccc2)cccc1-c1nnc(-c2cccc(CNC(CO)CO)c2)o1.Cl.